The van der Waals surface area contributed by atoms with Crippen LogP contribution < -0.4 is 19.5 Å². The van der Waals surface area contributed by atoms with Crippen molar-refractivity contribution in [3.05, 3.63) is 53.6 Å². The summed E-state index contributed by atoms with van der Waals surface area (Å²) in [6, 6.07) is 14.6. The van der Waals surface area contributed by atoms with Gasteiger partial charge in [0, 0.05) is 25.2 Å². The summed E-state index contributed by atoms with van der Waals surface area (Å²) in [4.78, 5) is 2.19. The molecule has 0 radical (unpaired) electrons. The van der Waals surface area contributed by atoms with Gasteiger partial charge in [0.05, 0.1) is 6.61 Å². The van der Waals surface area contributed by atoms with Crippen LogP contribution in [0.3, 0.4) is 0 Å². The number of rotatable bonds is 4. The van der Waals surface area contributed by atoms with Gasteiger partial charge in [0.2, 0.25) is 6.79 Å². The molecular weight excluding hydrogens is 388 g/mol. The van der Waals surface area contributed by atoms with Crippen LogP contribution in [0, 0.1) is 0 Å². The van der Waals surface area contributed by atoms with E-state index in [1.54, 1.807) is 0 Å². The minimum Gasteiger partial charge on any atom is -0.491 e. The molecule has 7 heteroatoms. The zero-order valence-electron chi connectivity index (χ0n) is 16.1. The van der Waals surface area contributed by atoms with Crippen molar-refractivity contribution in [3.8, 4) is 17.2 Å². The fourth-order valence-electron chi connectivity index (χ4n) is 4.09. The lowest BCUT2D eigenvalue weighted by Gasteiger charge is -2.35. The Bertz CT molecular complexity index is 881. The fourth-order valence-corrected chi connectivity index (χ4v) is 4.42. The van der Waals surface area contributed by atoms with Crippen LogP contribution in [0.1, 0.15) is 11.1 Å². The van der Waals surface area contributed by atoms with Gasteiger partial charge in [-0.05, 0) is 48.3 Å². The average molecular weight is 413 g/mol. The molecule has 6 nitrogen and oxygen atoms in total. The summed E-state index contributed by atoms with van der Waals surface area (Å²) in [6.45, 7) is 2.88. The second kappa shape index (κ2) is 8.08. The third-order valence-electron chi connectivity index (χ3n) is 5.58. The summed E-state index contributed by atoms with van der Waals surface area (Å²) < 4.78 is 22.5. The van der Waals surface area contributed by atoms with Gasteiger partial charge in [-0.2, -0.15) is 0 Å². The van der Waals surface area contributed by atoms with Crippen molar-refractivity contribution < 1.29 is 18.9 Å². The van der Waals surface area contributed by atoms with Crippen molar-refractivity contribution in [3.63, 3.8) is 0 Å². The largest absolute Gasteiger partial charge is 0.491 e. The number of nitrogens with zero attached hydrogens (tertiary/aromatic N) is 1. The van der Waals surface area contributed by atoms with Crippen LogP contribution in [0.25, 0.3) is 0 Å². The molecule has 2 heterocycles. The van der Waals surface area contributed by atoms with Crippen LogP contribution >= 0.6 is 12.2 Å². The third-order valence-corrected chi connectivity index (χ3v) is 5.96. The lowest BCUT2D eigenvalue weighted by molar-refractivity contribution is -0.0289. The van der Waals surface area contributed by atoms with Crippen LogP contribution in [0.15, 0.2) is 42.5 Å². The molecule has 5 rings (SSSR count). The first-order chi connectivity index (χ1) is 14.2. The van der Waals surface area contributed by atoms with Gasteiger partial charge in [-0.25, -0.2) is 0 Å². The molecule has 3 aliphatic rings. The van der Waals surface area contributed by atoms with Crippen LogP contribution in [0.5, 0.6) is 17.2 Å². The molecule has 29 heavy (non-hydrogen) atoms. The number of fused-ring (bicyclic) bond motifs is 2. The Labute approximate surface area is 175 Å². The van der Waals surface area contributed by atoms with Gasteiger partial charge in [-0.3, -0.25) is 0 Å². The Morgan fingerprint density at radius 2 is 1.90 bits per heavy atom. The lowest BCUT2D eigenvalue weighted by atomic mass is 10.1. The predicted octanol–water partition coefficient (Wildman–Crippen LogP) is 2.54. The molecule has 1 N–H and O–H groups in total. The zero-order chi connectivity index (χ0) is 19.6. The molecule has 0 aromatic heterocycles. The quantitative estimate of drug-likeness (QED) is 0.775. The summed E-state index contributed by atoms with van der Waals surface area (Å²) in [6.07, 6.45) is 2.02. The molecule has 2 aromatic rings. The van der Waals surface area contributed by atoms with E-state index in [-0.39, 0.29) is 12.9 Å². The number of hydrogen-bond acceptors (Lipinski definition) is 5. The van der Waals surface area contributed by atoms with Crippen LogP contribution in [0.2, 0.25) is 0 Å². The smallest absolute Gasteiger partial charge is 0.231 e. The lowest BCUT2D eigenvalue weighted by Crippen LogP contribution is -2.53. The highest BCUT2D eigenvalue weighted by Gasteiger charge is 2.27. The Kier molecular flexibility index (Phi) is 5.16. The van der Waals surface area contributed by atoms with Gasteiger partial charge in [0.1, 0.15) is 18.5 Å². The highest BCUT2D eigenvalue weighted by molar-refractivity contribution is 7.80. The Morgan fingerprint density at radius 1 is 1.10 bits per heavy atom. The van der Waals surface area contributed by atoms with Crippen molar-refractivity contribution in [1.82, 2.24) is 10.2 Å². The molecule has 0 amide bonds. The van der Waals surface area contributed by atoms with E-state index in [2.05, 4.69) is 34.5 Å². The molecule has 0 spiro atoms. The van der Waals surface area contributed by atoms with Crippen molar-refractivity contribution >= 4 is 17.3 Å². The number of hydrogen-bond donors (Lipinski definition) is 1. The molecule has 2 aliphatic heterocycles. The molecule has 1 aliphatic carbocycles. The fraction of sp³-hybridized carbons (Fsp3) is 0.409. The highest BCUT2D eigenvalue weighted by atomic mass is 32.1. The van der Waals surface area contributed by atoms with Crippen molar-refractivity contribution in [2.45, 2.75) is 25.0 Å². The standard InChI is InChI=1S/C22H24N2O4S/c29-22(23-17-9-15-3-1-2-4-16(15)10-17)24-7-8-25-19(12-24)13-26-18-5-6-20-21(11-18)28-14-27-20/h1-6,11,17,19H,7-10,12-14H2,(H,23,29). The molecule has 1 unspecified atom stereocenters. The minimum absolute atomic E-state index is 0.0327. The Balaban J connectivity index is 1.12. The summed E-state index contributed by atoms with van der Waals surface area (Å²) in [5.41, 5.74) is 2.84. The highest BCUT2D eigenvalue weighted by Crippen LogP contribution is 2.35. The number of thiocarbonyl (C=S) groups is 1. The summed E-state index contributed by atoms with van der Waals surface area (Å²) in [5, 5.41) is 4.35. The summed E-state index contributed by atoms with van der Waals surface area (Å²) in [7, 11) is 0. The van der Waals surface area contributed by atoms with Crippen molar-refractivity contribution in [2.24, 2.45) is 0 Å². The topological polar surface area (TPSA) is 52.2 Å². The van der Waals surface area contributed by atoms with Crippen LogP contribution in [-0.2, 0) is 17.6 Å². The zero-order valence-corrected chi connectivity index (χ0v) is 17.0. The first-order valence-corrected chi connectivity index (χ1v) is 10.4. The second-order valence-corrected chi connectivity index (χ2v) is 7.97. The maximum Gasteiger partial charge on any atom is 0.231 e. The van der Waals surface area contributed by atoms with E-state index < -0.39 is 0 Å². The molecule has 1 atom stereocenters. The number of morpholine rings is 1. The molecule has 1 fully saturated rings. The van der Waals surface area contributed by atoms with Gasteiger partial charge < -0.3 is 29.2 Å². The molecule has 0 bridgehead atoms. The first kappa shape index (κ1) is 18.5. The maximum absolute atomic E-state index is 5.92. The van der Waals surface area contributed by atoms with E-state index in [9.17, 15) is 0 Å². The van der Waals surface area contributed by atoms with Gasteiger partial charge >= 0.3 is 0 Å². The molecule has 2 aromatic carbocycles. The monoisotopic (exact) mass is 412 g/mol. The van der Waals surface area contributed by atoms with Gasteiger partial charge in [-0.15, -0.1) is 0 Å². The van der Waals surface area contributed by atoms with E-state index in [4.69, 9.17) is 31.2 Å². The first-order valence-electron chi connectivity index (χ1n) is 10.0. The normalized spacial score (nSPS) is 20.4. The number of nitrogens with one attached hydrogen (secondary N) is 1. The maximum atomic E-state index is 5.92. The molecule has 152 valence electrons. The van der Waals surface area contributed by atoms with E-state index >= 15 is 0 Å². The number of benzene rings is 2. The predicted molar refractivity (Wildman–Crippen MR) is 113 cm³/mol. The van der Waals surface area contributed by atoms with E-state index in [1.165, 1.54) is 11.1 Å². The Morgan fingerprint density at radius 3 is 2.72 bits per heavy atom. The Hall–Kier alpha value is -2.51. The van der Waals surface area contributed by atoms with Gasteiger partial charge in [-0.1, -0.05) is 24.3 Å². The van der Waals surface area contributed by atoms with E-state index in [1.807, 2.05) is 18.2 Å². The van der Waals surface area contributed by atoms with Gasteiger partial charge in [0.25, 0.3) is 0 Å². The van der Waals surface area contributed by atoms with Crippen LogP contribution in [-0.4, -0.2) is 55.3 Å². The van der Waals surface area contributed by atoms with E-state index in [0.717, 1.165) is 48.3 Å². The molecular formula is C22H24N2O4S. The number of ether oxygens (including phenoxy) is 4. The third kappa shape index (κ3) is 4.11. The second-order valence-electron chi connectivity index (χ2n) is 7.59. The van der Waals surface area contributed by atoms with Crippen molar-refractivity contribution in [2.75, 3.05) is 33.1 Å². The molecule has 1 saturated heterocycles. The van der Waals surface area contributed by atoms with Crippen molar-refractivity contribution in [1.29, 1.82) is 0 Å². The van der Waals surface area contributed by atoms with E-state index in [0.29, 0.717) is 19.3 Å². The van der Waals surface area contributed by atoms with Gasteiger partial charge in [0.15, 0.2) is 16.6 Å². The average Bonchev–Trinajstić information content (AvgIpc) is 3.38. The SMILES string of the molecule is S=C(NC1Cc2ccccc2C1)N1CCOC(COc2ccc3c(c2)OCO3)C1. The minimum atomic E-state index is -0.0327. The van der Waals surface area contributed by atoms with Crippen LogP contribution in [0.4, 0.5) is 0 Å². The molecule has 0 saturated carbocycles. The summed E-state index contributed by atoms with van der Waals surface area (Å²) >= 11 is 5.69. The summed E-state index contributed by atoms with van der Waals surface area (Å²) in [5.74, 6) is 2.22.